The van der Waals surface area contributed by atoms with E-state index in [1.54, 1.807) is 36.4 Å². The molecule has 452 valence electrons. The summed E-state index contributed by atoms with van der Waals surface area (Å²) in [6, 6.07) is 34.5. The third kappa shape index (κ3) is 11.7. The highest BCUT2D eigenvalue weighted by molar-refractivity contribution is 5.93. The van der Waals surface area contributed by atoms with E-state index in [2.05, 4.69) is 9.97 Å². The quantitative estimate of drug-likeness (QED) is 0.0860. The van der Waals surface area contributed by atoms with Gasteiger partial charge in [0.2, 0.25) is 11.8 Å². The predicted molar refractivity (Wildman–Crippen MR) is 312 cm³/mol. The summed E-state index contributed by atoms with van der Waals surface area (Å²) >= 11 is 0. The van der Waals surface area contributed by atoms with Gasteiger partial charge in [0.1, 0.15) is 59.8 Å². The van der Waals surface area contributed by atoms with Gasteiger partial charge in [-0.15, -0.1) is 0 Å². The number of fused-ring (bicyclic) bond motifs is 6. The smallest absolute Gasteiger partial charge is 0.335 e. The van der Waals surface area contributed by atoms with Crippen molar-refractivity contribution in [1.29, 1.82) is 10.5 Å². The Balaban J connectivity index is 0.000000165. The molecule has 6 atom stereocenters. The molecule has 4 bridgehead atoms. The van der Waals surface area contributed by atoms with Gasteiger partial charge in [0.15, 0.2) is 0 Å². The maximum Gasteiger partial charge on any atom is 0.335 e. The monoisotopic (exact) mass is 1220 g/mol. The maximum absolute atomic E-state index is 15.6. The van der Waals surface area contributed by atoms with Crippen molar-refractivity contribution in [3.63, 3.8) is 0 Å². The normalized spacial score (nSPS) is 18.8. The van der Waals surface area contributed by atoms with E-state index in [4.69, 9.17) is 39.4 Å². The molecule has 22 heteroatoms. The van der Waals surface area contributed by atoms with Crippen LogP contribution in [0.5, 0.6) is 11.8 Å². The minimum absolute atomic E-state index is 0.0270. The number of pyridine rings is 2. The third-order valence-electron chi connectivity index (χ3n) is 17.0. The van der Waals surface area contributed by atoms with Crippen LogP contribution in [0.4, 0.5) is 26.3 Å². The zero-order chi connectivity index (χ0) is 62.5. The molecule has 0 radical (unpaired) electrons. The molecule has 16 nitrogen and oxygen atoms in total. The van der Waals surface area contributed by atoms with Gasteiger partial charge in [0, 0.05) is 47.2 Å². The van der Waals surface area contributed by atoms with Crippen molar-refractivity contribution >= 4 is 34.0 Å². The first-order valence-corrected chi connectivity index (χ1v) is 28.8. The summed E-state index contributed by atoms with van der Waals surface area (Å²) in [5.74, 6) is -4.13. The standard InChI is InChI=1S/2C34H25F3N4O4/c2*35-24-8-18(15-38)4-5-21(24)17-45-33-3-1-2-27(40-33)23-14-25(36)22(11-26(23)37)13-32-39-28-7-6-20(34(42)43)12-29(28)41(32)30-9-19-10-31(30)44-16-19/h2*1-8,11-12,14,19,30-31H,9-10,13,16-17H2,(H,42,43)/t2*19-,30+,31-/m11/s1. The van der Waals surface area contributed by atoms with Crippen LogP contribution in [0.25, 0.3) is 44.6 Å². The first-order valence-electron chi connectivity index (χ1n) is 28.8. The average Bonchev–Trinajstić information content (AvgIpc) is 1.73. The van der Waals surface area contributed by atoms with E-state index in [1.165, 1.54) is 60.7 Å². The number of nitriles is 2. The molecular weight excluding hydrogens is 1170 g/mol. The summed E-state index contributed by atoms with van der Waals surface area (Å²) in [7, 11) is 0. The summed E-state index contributed by atoms with van der Waals surface area (Å²) in [6.45, 7) is 1.01. The van der Waals surface area contributed by atoms with Gasteiger partial charge in [-0.25, -0.2) is 55.9 Å². The van der Waals surface area contributed by atoms with Crippen molar-refractivity contribution < 1.29 is 65.1 Å². The molecule has 0 unspecified atom stereocenters. The van der Waals surface area contributed by atoms with Crippen LogP contribution in [0.1, 0.15) is 104 Å². The number of carboxylic acids is 2. The van der Waals surface area contributed by atoms with E-state index in [1.807, 2.05) is 21.3 Å². The largest absolute Gasteiger partial charge is 0.478 e. The molecule has 2 aliphatic heterocycles. The van der Waals surface area contributed by atoms with Crippen molar-refractivity contribution in [3.8, 4) is 46.4 Å². The molecule has 10 aromatic rings. The van der Waals surface area contributed by atoms with Crippen molar-refractivity contribution in [1.82, 2.24) is 29.1 Å². The van der Waals surface area contributed by atoms with Gasteiger partial charge < -0.3 is 38.3 Å². The Bertz CT molecular complexity index is 4330. The van der Waals surface area contributed by atoms with Crippen LogP contribution in [0.15, 0.2) is 133 Å². The van der Waals surface area contributed by atoms with Gasteiger partial charge in [-0.3, -0.25) is 0 Å². The van der Waals surface area contributed by atoms with Crippen LogP contribution in [-0.4, -0.2) is 76.6 Å². The summed E-state index contributed by atoms with van der Waals surface area (Å²) < 4.78 is 118. The highest BCUT2D eigenvalue weighted by Gasteiger charge is 2.44. The predicted octanol–water partition coefficient (Wildman–Crippen LogP) is 13.2. The van der Waals surface area contributed by atoms with E-state index in [0.717, 1.165) is 62.1 Å². The molecule has 4 aliphatic rings. The van der Waals surface area contributed by atoms with E-state index in [-0.39, 0.29) is 129 Å². The molecule has 0 spiro atoms. The Morgan fingerprint density at radius 3 is 1.29 bits per heavy atom. The van der Waals surface area contributed by atoms with Gasteiger partial charge in [-0.1, -0.05) is 24.3 Å². The summed E-state index contributed by atoms with van der Waals surface area (Å²) in [4.78, 5) is 41.4. The van der Waals surface area contributed by atoms with Gasteiger partial charge >= 0.3 is 11.9 Å². The van der Waals surface area contributed by atoms with Gasteiger partial charge in [0.25, 0.3) is 0 Å². The maximum atomic E-state index is 15.6. The zero-order valence-corrected chi connectivity index (χ0v) is 47.4. The number of aromatic carboxylic acids is 2. The number of aromatic nitrogens is 6. The lowest BCUT2D eigenvalue weighted by molar-refractivity contribution is 0.0395. The Morgan fingerprint density at radius 2 is 0.922 bits per heavy atom. The fraction of sp³-hybridized carbons (Fsp3) is 0.235. The molecule has 90 heavy (non-hydrogen) atoms. The Kier molecular flexibility index (Phi) is 15.8. The molecule has 14 rings (SSSR count). The molecule has 2 saturated carbocycles. The van der Waals surface area contributed by atoms with Crippen molar-refractivity contribution in [2.75, 3.05) is 13.2 Å². The number of imidazole rings is 2. The van der Waals surface area contributed by atoms with Crippen LogP contribution in [0.2, 0.25) is 0 Å². The van der Waals surface area contributed by atoms with E-state index in [0.29, 0.717) is 58.8 Å². The minimum atomic E-state index is -1.07. The van der Waals surface area contributed by atoms with Crippen molar-refractivity contribution in [2.45, 2.75) is 76.0 Å². The van der Waals surface area contributed by atoms with Crippen LogP contribution >= 0.6 is 0 Å². The van der Waals surface area contributed by atoms with Crippen LogP contribution in [0.3, 0.4) is 0 Å². The number of carboxylic acid groups (broad SMARTS) is 2. The Hall–Kier alpha value is -10.4. The molecule has 0 amide bonds. The number of ether oxygens (including phenoxy) is 4. The first-order chi connectivity index (χ1) is 43.5. The number of halogens is 6. The number of hydrogen-bond donors (Lipinski definition) is 2. The molecule has 2 N–H and O–H groups in total. The SMILES string of the molecule is N#Cc1ccc(COc2cccc(-c3cc(F)c(Cc4nc5ccc(C(=O)O)cc5n4[C@H]4C[C@H]5CO[C@@H]4C5)cc3F)n2)c(F)c1.N#Cc1ccc(COc2cccc(-c3cc(F)c(Cc4nc5ccc(C(=O)O)cc5n4[C@H]4C[C@H]5CO[C@@H]4C5)cc3F)n2)c(F)c1. The van der Waals surface area contributed by atoms with Crippen LogP contribution in [-0.2, 0) is 35.5 Å². The third-order valence-corrected chi connectivity index (χ3v) is 17.0. The van der Waals surface area contributed by atoms with Crippen LogP contribution in [0, 0.1) is 69.4 Å². The molecule has 6 aromatic carbocycles. The fourth-order valence-corrected chi connectivity index (χ4v) is 12.6. The second kappa shape index (κ2) is 24.3. The van der Waals surface area contributed by atoms with Gasteiger partial charge in [-0.05, 0) is 146 Å². The highest BCUT2D eigenvalue weighted by atomic mass is 19.1. The molecular formula is C68H50F6N8O8. The lowest BCUT2D eigenvalue weighted by Crippen LogP contribution is -2.25. The zero-order valence-electron chi connectivity index (χ0n) is 47.4. The topological polar surface area (TPSA) is 221 Å². The average molecular weight is 1220 g/mol. The minimum Gasteiger partial charge on any atom is -0.478 e. The van der Waals surface area contributed by atoms with Crippen molar-refractivity contribution in [2.24, 2.45) is 11.8 Å². The number of carbonyl (C=O) groups is 2. The Morgan fingerprint density at radius 1 is 0.500 bits per heavy atom. The van der Waals surface area contributed by atoms with E-state index >= 15 is 17.6 Å². The lowest BCUT2D eigenvalue weighted by Gasteiger charge is -2.26. The summed E-state index contributed by atoms with van der Waals surface area (Å²) in [5.41, 5.74) is 3.65. The van der Waals surface area contributed by atoms with Crippen molar-refractivity contribution in [3.05, 3.63) is 225 Å². The fourth-order valence-electron chi connectivity index (χ4n) is 12.6. The van der Waals surface area contributed by atoms with Gasteiger partial charge in [-0.2, -0.15) is 10.5 Å². The second-order valence-electron chi connectivity index (χ2n) is 22.7. The molecule has 6 heterocycles. The summed E-state index contributed by atoms with van der Waals surface area (Å²) in [5, 5.41) is 37.0. The lowest BCUT2D eigenvalue weighted by atomic mass is 10.0. The number of hydrogen-bond acceptors (Lipinski definition) is 12. The number of rotatable bonds is 16. The second-order valence-corrected chi connectivity index (χ2v) is 22.7. The Labute approximate surface area is 508 Å². The highest BCUT2D eigenvalue weighted by Crippen LogP contribution is 2.47. The molecule has 2 aliphatic carbocycles. The van der Waals surface area contributed by atoms with E-state index < -0.39 is 46.8 Å². The number of benzene rings is 6. The molecule has 4 fully saturated rings. The van der Waals surface area contributed by atoms with Gasteiger partial charge in [0.05, 0.1) is 105 Å². The van der Waals surface area contributed by atoms with E-state index in [9.17, 15) is 28.6 Å². The first kappa shape index (κ1) is 58.6. The number of nitrogens with zero attached hydrogens (tertiary/aromatic N) is 8. The summed E-state index contributed by atoms with van der Waals surface area (Å²) in [6.07, 6.45) is 3.27. The van der Waals surface area contributed by atoms with Crippen LogP contribution < -0.4 is 9.47 Å². The molecule has 2 saturated heterocycles. The molecule has 4 aromatic heterocycles.